The van der Waals surface area contributed by atoms with Gasteiger partial charge < -0.3 is 5.32 Å². The smallest absolute Gasteiger partial charge is 0.133 e. The molecule has 0 atom stereocenters. The van der Waals surface area contributed by atoms with Crippen molar-refractivity contribution in [3.05, 3.63) is 54.0 Å². The molecule has 0 radical (unpaired) electrons. The number of nitrogens with one attached hydrogen (secondary N) is 1. The van der Waals surface area contributed by atoms with Crippen LogP contribution in [0, 0.1) is 0 Å². The van der Waals surface area contributed by atoms with Crippen molar-refractivity contribution in [1.29, 1.82) is 0 Å². The largest absolute Gasteiger partial charge is 0.370 e. The molecule has 1 saturated carbocycles. The maximum absolute atomic E-state index is 4.54. The number of halogens is 1. The highest BCUT2D eigenvalue weighted by molar-refractivity contribution is 5.85. The van der Waals surface area contributed by atoms with Crippen molar-refractivity contribution in [1.82, 2.24) is 9.97 Å². The Morgan fingerprint density at radius 3 is 2.63 bits per heavy atom. The molecule has 0 spiro atoms. The van der Waals surface area contributed by atoms with E-state index < -0.39 is 0 Å². The maximum Gasteiger partial charge on any atom is 0.133 e. The molecule has 1 fully saturated rings. The van der Waals surface area contributed by atoms with Gasteiger partial charge in [0.05, 0.1) is 0 Å². The Morgan fingerprint density at radius 2 is 1.89 bits per heavy atom. The fourth-order valence-corrected chi connectivity index (χ4v) is 1.99. The summed E-state index contributed by atoms with van der Waals surface area (Å²) in [5.41, 5.74) is 1.35. The van der Waals surface area contributed by atoms with Gasteiger partial charge >= 0.3 is 0 Å². The molecule has 0 unspecified atom stereocenters. The van der Waals surface area contributed by atoms with Crippen LogP contribution >= 0.6 is 12.4 Å². The van der Waals surface area contributed by atoms with E-state index in [1.165, 1.54) is 18.4 Å². The molecule has 3 nitrogen and oxygen atoms in total. The molecule has 0 amide bonds. The summed E-state index contributed by atoms with van der Waals surface area (Å²) in [4.78, 5) is 8.86. The molecule has 1 aliphatic carbocycles. The first kappa shape index (κ1) is 13.8. The van der Waals surface area contributed by atoms with E-state index in [2.05, 4.69) is 39.6 Å². The van der Waals surface area contributed by atoms with Gasteiger partial charge in [-0.2, -0.15) is 0 Å². The zero-order valence-electron chi connectivity index (χ0n) is 10.7. The van der Waals surface area contributed by atoms with Gasteiger partial charge in [-0.3, -0.25) is 0 Å². The van der Waals surface area contributed by atoms with Gasteiger partial charge in [0.15, 0.2) is 0 Å². The molecule has 19 heavy (non-hydrogen) atoms. The second-order valence-corrected chi connectivity index (χ2v) is 4.74. The lowest BCUT2D eigenvalue weighted by atomic mass is 10.1. The van der Waals surface area contributed by atoms with Crippen molar-refractivity contribution in [2.75, 3.05) is 11.9 Å². The van der Waals surface area contributed by atoms with E-state index in [9.17, 15) is 0 Å². The van der Waals surface area contributed by atoms with E-state index in [1.807, 2.05) is 18.3 Å². The average molecular weight is 276 g/mol. The molecule has 3 rings (SSSR count). The quantitative estimate of drug-likeness (QED) is 0.908. The van der Waals surface area contributed by atoms with Crippen molar-refractivity contribution >= 4 is 18.2 Å². The molecule has 0 bridgehead atoms. The first-order valence-corrected chi connectivity index (χ1v) is 6.52. The molecule has 4 heteroatoms. The van der Waals surface area contributed by atoms with Gasteiger partial charge in [-0.1, -0.05) is 30.3 Å². The topological polar surface area (TPSA) is 37.8 Å². The van der Waals surface area contributed by atoms with Crippen LogP contribution in [0.4, 0.5) is 5.82 Å². The summed E-state index contributed by atoms with van der Waals surface area (Å²) in [6.07, 6.45) is 5.36. The molecule has 1 aromatic carbocycles. The zero-order chi connectivity index (χ0) is 12.2. The van der Waals surface area contributed by atoms with Gasteiger partial charge in [0, 0.05) is 18.7 Å². The van der Waals surface area contributed by atoms with Crippen LogP contribution in [-0.2, 0) is 6.42 Å². The van der Waals surface area contributed by atoms with Crippen molar-refractivity contribution in [3.63, 3.8) is 0 Å². The third kappa shape index (κ3) is 3.93. The Bertz CT molecular complexity index is 512. The third-order valence-electron chi connectivity index (χ3n) is 3.18. The van der Waals surface area contributed by atoms with E-state index >= 15 is 0 Å². The molecule has 1 heterocycles. The highest BCUT2D eigenvalue weighted by Gasteiger charge is 2.26. The van der Waals surface area contributed by atoms with Crippen LogP contribution in [0.3, 0.4) is 0 Å². The molecule has 1 N–H and O–H groups in total. The lowest BCUT2D eigenvalue weighted by molar-refractivity contribution is 0.915. The third-order valence-corrected chi connectivity index (χ3v) is 3.18. The van der Waals surface area contributed by atoms with E-state index in [1.54, 1.807) is 0 Å². The highest BCUT2D eigenvalue weighted by atomic mass is 35.5. The SMILES string of the molecule is Cl.c1ccc(CCNc2ccnc(C3CC3)n2)cc1. The van der Waals surface area contributed by atoms with Crippen LogP contribution in [0.25, 0.3) is 0 Å². The highest BCUT2D eigenvalue weighted by Crippen LogP contribution is 2.37. The fraction of sp³-hybridized carbons (Fsp3) is 0.333. The number of benzene rings is 1. The maximum atomic E-state index is 4.54. The van der Waals surface area contributed by atoms with E-state index in [0.717, 1.165) is 24.6 Å². The van der Waals surface area contributed by atoms with Gasteiger partial charge in [0.25, 0.3) is 0 Å². The predicted molar refractivity (Wildman–Crippen MR) is 79.9 cm³/mol. The lowest BCUT2D eigenvalue weighted by Gasteiger charge is -2.06. The summed E-state index contributed by atoms with van der Waals surface area (Å²) in [5.74, 6) is 2.56. The van der Waals surface area contributed by atoms with Gasteiger partial charge in [0.1, 0.15) is 11.6 Å². The molecule has 0 saturated heterocycles. The van der Waals surface area contributed by atoms with Crippen molar-refractivity contribution in [3.8, 4) is 0 Å². The minimum Gasteiger partial charge on any atom is -0.370 e. The van der Waals surface area contributed by atoms with Crippen LogP contribution in [0.2, 0.25) is 0 Å². The first-order valence-electron chi connectivity index (χ1n) is 6.52. The van der Waals surface area contributed by atoms with Gasteiger partial charge in [-0.05, 0) is 30.9 Å². The molecule has 0 aliphatic heterocycles. The van der Waals surface area contributed by atoms with E-state index in [0.29, 0.717) is 5.92 Å². The Hall–Kier alpha value is -1.61. The minimum atomic E-state index is 0. The van der Waals surface area contributed by atoms with Crippen molar-refractivity contribution in [2.45, 2.75) is 25.2 Å². The van der Waals surface area contributed by atoms with Crippen molar-refractivity contribution in [2.24, 2.45) is 0 Å². The normalized spacial score (nSPS) is 13.7. The Balaban J connectivity index is 0.00000133. The van der Waals surface area contributed by atoms with Crippen LogP contribution in [0.1, 0.15) is 30.1 Å². The van der Waals surface area contributed by atoms with E-state index in [-0.39, 0.29) is 12.4 Å². The minimum absolute atomic E-state index is 0. The van der Waals surface area contributed by atoms with Gasteiger partial charge in [-0.25, -0.2) is 9.97 Å². The van der Waals surface area contributed by atoms with Crippen LogP contribution in [0.5, 0.6) is 0 Å². The number of anilines is 1. The monoisotopic (exact) mass is 275 g/mol. The number of rotatable bonds is 5. The van der Waals surface area contributed by atoms with Crippen molar-refractivity contribution < 1.29 is 0 Å². The molecule has 1 aliphatic rings. The Morgan fingerprint density at radius 1 is 1.11 bits per heavy atom. The Labute approximate surface area is 119 Å². The number of nitrogens with zero attached hydrogens (tertiary/aromatic N) is 2. The molecular formula is C15H18ClN3. The predicted octanol–water partition coefficient (Wildman–Crippen LogP) is 3.43. The standard InChI is InChI=1S/C15H17N3.ClH/c1-2-4-12(5-3-1)8-10-16-14-9-11-17-15(18-14)13-6-7-13;/h1-5,9,11,13H,6-8,10H2,(H,16,17,18);1H. The summed E-state index contributed by atoms with van der Waals surface area (Å²) in [7, 11) is 0. The number of hydrogen-bond donors (Lipinski definition) is 1. The number of hydrogen-bond acceptors (Lipinski definition) is 3. The van der Waals surface area contributed by atoms with Crippen LogP contribution in [0.15, 0.2) is 42.6 Å². The summed E-state index contributed by atoms with van der Waals surface area (Å²) in [6.45, 7) is 0.908. The van der Waals surface area contributed by atoms with Crippen LogP contribution < -0.4 is 5.32 Å². The Kier molecular flexibility index (Phi) is 4.74. The molecule has 100 valence electrons. The summed E-state index contributed by atoms with van der Waals surface area (Å²) in [6, 6.07) is 12.4. The fourth-order valence-electron chi connectivity index (χ4n) is 1.99. The summed E-state index contributed by atoms with van der Waals surface area (Å²) in [5, 5.41) is 3.37. The molecule has 1 aromatic heterocycles. The number of aromatic nitrogens is 2. The van der Waals surface area contributed by atoms with E-state index in [4.69, 9.17) is 0 Å². The second kappa shape index (κ2) is 6.53. The molecular weight excluding hydrogens is 258 g/mol. The second-order valence-electron chi connectivity index (χ2n) is 4.74. The van der Waals surface area contributed by atoms with Crippen LogP contribution in [-0.4, -0.2) is 16.5 Å². The zero-order valence-corrected chi connectivity index (χ0v) is 11.6. The average Bonchev–Trinajstić information content (AvgIpc) is 3.25. The summed E-state index contributed by atoms with van der Waals surface area (Å²) >= 11 is 0. The first-order chi connectivity index (χ1) is 8.92. The lowest BCUT2D eigenvalue weighted by Crippen LogP contribution is -2.07. The van der Waals surface area contributed by atoms with Gasteiger partial charge in [-0.15, -0.1) is 12.4 Å². The van der Waals surface area contributed by atoms with Gasteiger partial charge in [0.2, 0.25) is 0 Å². The molecule has 2 aromatic rings. The summed E-state index contributed by atoms with van der Waals surface area (Å²) < 4.78 is 0.